The number of hydrogen-bond donors (Lipinski definition) is 1. The maximum atomic E-state index is 10.5. The second-order valence-corrected chi connectivity index (χ2v) is 4.44. The zero-order chi connectivity index (χ0) is 10.6. The Hall–Kier alpha value is -0.670. The normalized spacial score (nSPS) is 14.8. The predicted octanol–water partition coefficient (Wildman–Crippen LogP) is 2.15. The molecule has 0 saturated heterocycles. The van der Waals surface area contributed by atoms with Crippen molar-refractivity contribution in [3.8, 4) is 0 Å². The molecular formula is C11H14BrNO. The van der Waals surface area contributed by atoms with Crippen molar-refractivity contribution in [2.45, 2.75) is 19.4 Å². The lowest BCUT2D eigenvalue weighted by molar-refractivity contribution is -0.109. The summed E-state index contributed by atoms with van der Waals surface area (Å²) in [6.45, 7) is 1.99. The lowest BCUT2D eigenvalue weighted by atomic mass is 9.95. The number of benzene rings is 1. The van der Waals surface area contributed by atoms with Crippen LogP contribution in [0.2, 0.25) is 0 Å². The van der Waals surface area contributed by atoms with Gasteiger partial charge < -0.3 is 10.5 Å². The molecule has 76 valence electrons. The summed E-state index contributed by atoms with van der Waals surface area (Å²) in [5, 5.41) is 0. The number of hydrogen-bond acceptors (Lipinski definition) is 2. The third-order valence-electron chi connectivity index (χ3n) is 2.29. The topological polar surface area (TPSA) is 43.1 Å². The number of rotatable bonds is 4. The van der Waals surface area contributed by atoms with Crippen LogP contribution in [0.5, 0.6) is 0 Å². The van der Waals surface area contributed by atoms with Crippen LogP contribution in [0.4, 0.5) is 0 Å². The monoisotopic (exact) mass is 255 g/mol. The van der Waals surface area contributed by atoms with Crippen LogP contribution in [0.25, 0.3) is 0 Å². The Morgan fingerprint density at radius 1 is 1.43 bits per heavy atom. The van der Waals surface area contributed by atoms with Crippen molar-refractivity contribution >= 4 is 22.2 Å². The lowest BCUT2D eigenvalue weighted by Crippen LogP contribution is -2.30. The third kappa shape index (κ3) is 3.24. The molecule has 14 heavy (non-hydrogen) atoms. The van der Waals surface area contributed by atoms with E-state index in [4.69, 9.17) is 5.73 Å². The molecular weight excluding hydrogens is 242 g/mol. The fourth-order valence-corrected chi connectivity index (χ4v) is 1.53. The van der Waals surface area contributed by atoms with E-state index in [0.717, 1.165) is 17.2 Å². The molecule has 0 fully saturated rings. The molecule has 0 spiro atoms. The SMILES string of the molecule is CC(Cc1ccc(Br)cc1)C(N)C=O. The molecule has 0 amide bonds. The van der Waals surface area contributed by atoms with Crippen LogP contribution in [0, 0.1) is 5.92 Å². The summed E-state index contributed by atoms with van der Waals surface area (Å²) in [6.07, 6.45) is 1.65. The van der Waals surface area contributed by atoms with Crippen LogP contribution in [0.1, 0.15) is 12.5 Å². The number of aldehydes is 1. The summed E-state index contributed by atoms with van der Waals surface area (Å²) in [5.41, 5.74) is 6.82. The molecule has 0 heterocycles. The standard InChI is InChI=1S/C11H14BrNO/c1-8(11(13)7-14)6-9-2-4-10(12)5-3-9/h2-5,7-8,11H,6,13H2,1H3. The summed E-state index contributed by atoms with van der Waals surface area (Å²) >= 11 is 3.37. The van der Waals surface area contributed by atoms with E-state index >= 15 is 0 Å². The molecule has 3 heteroatoms. The van der Waals surface area contributed by atoms with Gasteiger partial charge in [-0.2, -0.15) is 0 Å². The van der Waals surface area contributed by atoms with Gasteiger partial charge in [-0.3, -0.25) is 0 Å². The number of carbonyl (C=O) groups excluding carboxylic acids is 1. The van der Waals surface area contributed by atoms with Gasteiger partial charge in [-0.25, -0.2) is 0 Å². The van der Waals surface area contributed by atoms with Crippen LogP contribution in [0.3, 0.4) is 0 Å². The Bertz CT molecular complexity index is 297. The third-order valence-corrected chi connectivity index (χ3v) is 2.81. The molecule has 0 saturated carbocycles. The van der Waals surface area contributed by atoms with Crippen LogP contribution in [0.15, 0.2) is 28.7 Å². The van der Waals surface area contributed by atoms with Gasteiger partial charge in [0.25, 0.3) is 0 Å². The zero-order valence-corrected chi connectivity index (χ0v) is 9.70. The Morgan fingerprint density at radius 3 is 2.50 bits per heavy atom. The van der Waals surface area contributed by atoms with Crippen LogP contribution >= 0.6 is 15.9 Å². The average Bonchev–Trinajstić information content (AvgIpc) is 2.20. The molecule has 2 nitrogen and oxygen atoms in total. The Balaban J connectivity index is 2.60. The zero-order valence-electron chi connectivity index (χ0n) is 8.11. The van der Waals surface area contributed by atoms with Gasteiger partial charge in [0.05, 0.1) is 6.04 Å². The van der Waals surface area contributed by atoms with Crippen LogP contribution in [-0.4, -0.2) is 12.3 Å². The minimum absolute atomic E-state index is 0.189. The van der Waals surface area contributed by atoms with Crippen molar-refractivity contribution < 1.29 is 4.79 Å². The van der Waals surface area contributed by atoms with Gasteiger partial charge in [-0.1, -0.05) is 35.0 Å². The second kappa shape index (κ2) is 5.27. The highest BCUT2D eigenvalue weighted by Crippen LogP contribution is 2.14. The van der Waals surface area contributed by atoms with E-state index in [9.17, 15) is 4.79 Å². The van der Waals surface area contributed by atoms with Gasteiger partial charge in [0.1, 0.15) is 6.29 Å². The van der Waals surface area contributed by atoms with Gasteiger partial charge in [0.15, 0.2) is 0 Å². The minimum Gasteiger partial charge on any atom is -0.322 e. The van der Waals surface area contributed by atoms with E-state index in [1.165, 1.54) is 5.56 Å². The fraction of sp³-hybridized carbons (Fsp3) is 0.364. The van der Waals surface area contributed by atoms with Crippen LogP contribution in [-0.2, 0) is 11.2 Å². The molecule has 0 aromatic heterocycles. The van der Waals surface area contributed by atoms with Crippen LogP contribution < -0.4 is 5.73 Å². The average molecular weight is 256 g/mol. The van der Waals surface area contributed by atoms with Crippen molar-refractivity contribution in [2.75, 3.05) is 0 Å². The quantitative estimate of drug-likeness (QED) is 0.839. The summed E-state index contributed by atoms with van der Waals surface area (Å²) < 4.78 is 1.06. The molecule has 0 aliphatic rings. The van der Waals surface area contributed by atoms with Crippen molar-refractivity contribution in [1.29, 1.82) is 0 Å². The second-order valence-electron chi connectivity index (χ2n) is 3.52. The Kier molecular flexibility index (Phi) is 4.29. The molecule has 0 bridgehead atoms. The molecule has 1 aromatic rings. The van der Waals surface area contributed by atoms with Gasteiger partial charge in [-0.15, -0.1) is 0 Å². The molecule has 1 aromatic carbocycles. The minimum atomic E-state index is -0.362. The van der Waals surface area contributed by atoms with E-state index in [2.05, 4.69) is 15.9 Å². The van der Waals surface area contributed by atoms with Crippen molar-refractivity contribution in [2.24, 2.45) is 11.7 Å². The maximum absolute atomic E-state index is 10.5. The van der Waals surface area contributed by atoms with Crippen molar-refractivity contribution in [3.63, 3.8) is 0 Å². The molecule has 0 aliphatic heterocycles. The van der Waals surface area contributed by atoms with Crippen molar-refractivity contribution in [3.05, 3.63) is 34.3 Å². The largest absolute Gasteiger partial charge is 0.322 e. The highest BCUT2D eigenvalue weighted by Gasteiger charge is 2.11. The molecule has 2 unspecified atom stereocenters. The Morgan fingerprint density at radius 2 is 2.00 bits per heavy atom. The first-order valence-electron chi connectivity index (χ1n) is 4.59. The number of nitrogens with two attached hydrogens (primary N) is 1. The summed E-state index contributed by atoms with van der Waals surface area (Å²) in [4.78, 5) is 10.5. The molecule has 1 rings (SSSR count). The first-order chi connectivity index (χ1) is 6.63. The smallest absolute Gasteiger partial charge is 0.136 e. The summed E-state index contributed by atoms with van der Waals surface area (Å²) in [5.74, 6) is 0.189. The van der Waals surface area contributed by atoms with E-state index in [1.54, 1.807) is 0 Å². The number of halogens is 1. The molecule has 2 atom stereocenters. The van der Waals surface area contributed by atoms with Gasteiger partial charge in [-0.05, 0) is 30.0 Å². The lowest BCUT2D eigenvalue weighted by Gasteiger charge is -2.14. The summed E-state index contributed by atoms with van der Waals surface area (Å²) in [7, 11) is 0. The first-order valence-corrected chi connectivity index (χ1v) is 5.38. The van der Waals surface area contributed by atoms with Gasteiger partial charge in [0, 0.05) is 4.47 Å². The van der Waals surface area contributed by atoms with E-state index in [-0.39, 0.29) is 12.0 Å². The number of carbonyl (C=O) groups is 1. The molecule has 2 N–H and O–H groups in total. The highest BCUT2D eigenvalue weighted by atomic mass is 79.9. The van der Waals surface area contributed by atoms with Gasteiger partial charge in [0.2, 0.25) is 0 Å². The first kappa shape index (κ1) is 11.4. The van der Waals surface area contributed by atoms with Crippen molar-refractivity contribution in [1.82, 2.24) is 0 Å². The maximum Gasteiger partial charge on any atom is 0.136 e. The molecule has 0 aliphatic carbocycles. The van der Waals surface area contributed by atoms with Gasteiger partial charge >= 0.3 is 0 Å². The predicted molar refractivity (Wildman–Crippen MR) is 61.0 cm³/mol. The molecule has 0 radical (unpaired) electrons. The fourth-order valence-electron chi connectivity index (χ4n) is 1.26. The van der Waals surface area contributed by atoms with E-state index in [1.807, 2.05) is 31.2 Å². The highest BCUT2D eigenvalue weighted by molar-refractivity contribution is 9.10. The summed E-state index contributed by atoms with van der Waals surface area (Å²) in [6, 6.07) is 7.71. The Labute approximate surface area is 92.6 Å². The van der Waals surface area contributed by atoms with E-state index < -0.39 is 0 Å². The van der Waals surface area contributed by atoms with E-state index in [0.29, 0.717) is 0 Å².